The summed E-state index contributed by atoms with van der Waals surface area (Å²) in [5, 5.41) is 14.4. The quantitative estimate of drug-likeness (QED) is 0.421. The van der Waals surface area contributed by atoms with Gasteiger partial charge in [0.25, 0.3) is 5.69 Å². The van der Waals surface area contributed by atoms with E-state index in [-0.39, 0.29) is 16.2 Å². The molecule has 0 spiro atoms. The van der Waals surface area contributed by atoms with Crippen LogP contribution in [0.1, 0.15) is 36.3 Å². The Bertz CT molecular complexity index is 1040. The average molecular weight is 369 g/mol. The van der Waals surface area contributed by atoms with Gasteiger partial charge in [0.1, 0.15) is 11.6 Å². The number of nitro benzene ring substituents is 1. The molecule has 1 aliphatic heterocycles. The fourth-order valence-corrected chi connectivity index (χ4v) is 3.86. The number of aromatic nitrogens is 2. The first-order valence-electron chi connectivity index (χ1n) is 8.13. The van der Waals surface area contributed by atoms with Crippen LogP contribution in [-0.4, -0.2) is 20.7 Å². The number of ketones is 1. The van der Waals surface area contributed by atoms with Crippen molar-refractivity contribution < 1.29 is 9.72 Å². The fourth-order valence-electron chi connectivity index (χ4n) is 3.65. The topological polar surface area (TPSA) is 127 Å². The van der Waals surface area contributed by atoms with E-state index >= 15 is 0 Å². The minimum absolute atomic E-state index is 0.0164. The van der Waals surface area contributed by atoms with Gasteiger partial charge in [0, 0.05) is 41.3 Å². The van der Waals surface area contributed by atoms with E-state index < -0.39 is 10.8 Å². The van der Waals surface area contributed by atoms with Gasteiger partial charge >= 0.3 is 0 Å². The number of carbonyl (C=O) groups excluding carboxylic acids is 1. The monoisotopic (exact) mass is 369 g/mol. The SMILES string of the molecule is Nc1[nH]c(=S)nc2c1C(c1cccc([N+](=O)[O-])c1)C1=C(CCCC1=O)N2. The third-order valence-corrected chi connectivity index (χ3v) is 4.91. The maximum atomic E-state index is 12.7. The van der Waals surface area contributed by atoms with Crippen LogP contribution in [0.5, 0.6) is 0 Å². The van der Waals surface area contributed by atoms with Crippen molar-refractivity contribution in [3.63, 3.8) is 0 Å². The standard InChI is InChI=1S/C17H15N5O3S/c18-15-14-12(8-3-1-4-9(7-8)22(24)25)13-10(5-2-6-11(13)23)19-16(14)21-17(26)20-15/h1,3-4,7,12H,2,5-6H2,(H4,18,19,20,21,26). The maximum Gasteiger partial charge on any atom is 0.269 e. The van der Waals surface area contributed by atoms with Gasteiger partial charge < -0.3 is 16.0 Å². The van der Waals surface area contributed by atoms with Gasteiger partial charge in [-0.05, 0) is 30.6 Å². The molecule has 0 saturated carbocycles. The Morgan fingerprint density at radius 3 is 2.92 bits per heavy atom. The highest BCUT2D eigenvalue weighted by Gasteiger charge is 2.37. The zero-order chi connectivity index (χ0) is 18.4. The number of hydrogen-bond donors (Lipinski definition) is 3. The molecule has 0 saturated heterocycles. The van der Waals surface area contributed by atoms with Crippen LogP contribution in [0.4, 0.5) is 17.3 Å². The number of nitrogen functional groups attached to an aromatic ring is 1. The lowest BCUT2D eigenvalue weighted by Gasteiger charge is -2.33. The van der Waals surface area contributed by atoms with E-state index in [0.29, 0.717) is 41.2 Å². The molecule has 0 fully saturated rings. The molecule has 26 heavy (non-hydrogen) atoms. The molecule has 8 nitrogen and oxygen atoms in total. The highest BCUT2D eigenvalue weighted by Crippen LogP contribution is 2.46. The smallest absolute Gasteiger partial charge is 0.269 e. The number of allylic oxidation sites excluding steroid dienone is 2. The summed E-state index contributed by atoms with van der Waals surface area (Å²) in [6.45, 7) is 0. The normalized spacial score (nSPS) is 18.8. The largest absolute Gasteiger partial charge is 0.385 e. The van der Waals surface area contributed by atoms with E-state index in [1.807, 2.05) is 0 Å². The molecule has 1 unspecified atom stereocenters. The molecule has 1 aromatic carbocycles. The number of Topliss-reactive ketones (excluding diaryl/α,β-unsaturated/α-hetero) is 1. The van der Waals surface area contributed by atoms with Crippen molar-refractivity contribution in [1.29, 1.82) is 0 Å². The molecule has 1 aliphatic carbocycles. The molecule has 0 radical (unpaired) electrons. The number of nitro groups is 1. The summed E-state index contributed by atoms with van der Waals surface area (Å²) in [7, 11) is 0. The Hall–Kier alpha value is -3.07. The van der Waals surface area contributed by atoms with Crippen LogP contribution in [0, 0.1) is 14.9 Å². The third kappa shape index (κ3) is 2.57. The van der Waals surface area contributed by atoms with Crippen molar-refractivity contribution >= 4 is 35.3 Å². The summed E-state index contributed by atoms with van der Waals surface area (Å²) in [4.78, 5) is 30.6. The summed E-state index contributed by atoms with van der Waals surface area (Å²) in [5.41, 5.74) is 8.74. The highest BCUT2D eigenvalue weighted by atomic mass is 32.1. The lowest BCUT2D eigenvalue weighted by Crippen LogP contribution is -2.28. The van der Waals surface area contributed by atoms with Crippen molar-refractivity contribution in [3.8, 4) is 0 Å². The number of fused-ring (bicyclic) bond motifs is 1. The molecular weight excluding hydrogens is 354 g/mol. The molecule has 2 heterocycles. The van der Waals surface area contributed by atoms with Crippen molar-refractivity contribution in [3.05, 3.63) is 61.5 Å². The van der Waals surface area contributed by atoms with Crippen LogP contribution >= 0.6 is 12.2 Å². The Balaban J connectivity index is 2.00. The number of nitrogens with one attached hydrogen (secondary N) is 2. The van der Waals surface area contributed by atoms with Gasteiger partial charge in [-0.25, -0.2) is 4.98 Å². The van der Waals surface area contributed by atoms with Gasteiger partial charge in [-0.1, -0.05) is 12.1 Å². The van der Waals surface area contributed by atoms with Gasteiger partial charge in [-0.3, -0.25) is 14.9 Å². The first-order chi connectivity index (χ1) is 12.5. The molecule has 2 aromatic rings. The molecule has 132 valence electrons. The van der Waals surface area contributed by atoms with Crippen LogP contribution in [0.15, 0.2) is 35.5 Å². The Kier molecular flexibility index (Phi) is 3.80. The van der Waals surface area contributed by atoms with Crippen LogP contribution in [0.25, 0.3) is 0 Å². The summed E-state index contributed by atoms with van der Waals surface area (Å²) in [6.07, 6.45) is 1.90. The van der Waals surface area contributed by atoms with E-state index in [2.05, 4.69) is 15.3 Å². The number of nitrogens with zero attached hydrogens (tertiary/aromatic N) is 2. The number of H-pyrrole nitrogens is 1. The van der Waals surface area contributed by atoms with Crippen LogP contribution in [0.2, 0.25) is 0 Å². The molecule has 2 aliphatic rings. The van der Waals surface area contributed by atoms with Gasteiger partial charge in [-0.15, -0.1) is 0 Å². The minimum atomic E-state index is -0.520. The Morgan fingerprint density at radius 1 is 1.35 bits per heavy atom. The van der Waals surface area contributed by atoms with Crippen LogP contribution in [-0.2, 0) is 4.79 Å². The van der Waals surface area contributed by atoms with Crippen LogP contribution < -0.4 is 11.1 Å². The highest BCUT2D eigenvalue weighted by molar-refractivity contribution is 7.71. The van der Waals surface area contributed by atoms with E-state index in [1.54, 1.807) is 12.1 Å². The molecule has 1 atom stereocenters. The predicted molar refractivity (Wildman–Crippen MR) is 98.3 cm³/mol. The molecule has 1 aromatic heterocycles. The number of hydrogen-bond acceptors (Lipinski definition) is 7. The number of nitrogens with two attached hydrogens (primary N) is 1. The zero-order valence-electron chi connectivity index (χ0n) is 13.6. The van der Waals surface area contributed by atoms with Gasteiger partial charge in [0.15, 0.2) is 10.6 Å². The van der Waals surface area contributed by atoms with Crippen molar-refractivity contribution in [2.75, 3.05) is 11.1 Å². The van der Waals surface area contributed by atoms with Crippen LogP contribution in [0.3, 0.4) is 0 Å². The van der Waals surface area contributed by atoms with Gasteiger partial charge in [0.2, 0.25) is 0 Å². The summed E-state index contributed by atoms with van der Waals surface area (Å²) < 4.78 is 0.234. The summed E-state index contributed by atoms with van der Waals surface area (Å²) >= 11 is 5.11. The first kappa shape index (κ1) is 16.4. The van der Waals surface area contributed by atoms with Gasteiger partial charge in [-0.2, -0.15) is 0 Å². The molecule has 9 heteroatoms. The molecule has 0 bridgehead atoms. The van der Waals surface area contributed by atoms with E-state index in [9.17, 15) is 14.9 Å². The number of carbonyl (C=O) groups is 1. The Labute approximate surface area is 153 Å². The second-order valence-electron chi connectivity index (χ2n) is 6.30. The van der Waals surface area contributed by atoms with Crippen molar-refractivity contribution in [2.45, 2.75) is 25.2 Å². The number of aromatic amines is 1. The lowest BCUT2D eigenvalue weighted by molar-refractivity contribution is -0.384. The second-order valence-corrected chi connectivity index (χ2v) is 6.68. The maximum absolute atomic E-state index is 12.7. The molecule has 4 N–H and O–H groups in total. The third-order valence-electron chi connectivity index (χ3n) is 4.72. The number of benzene rings is 1. The first-order valence-corrected chi connectivity index (χ1v) is 8.54. The Morgan fingerprint density at radius 2 is 2.15 bits per heavy atom. The predicted octanol–water partition coefficient (Wildman–Crippen LogP) is 3.19. The van der Waals surface area contributed by atoms with Crippen molar-refractivity contribution in [2.24, 2.45) is 0 Å². The second kappa shape index (κ2) is 6.03. The van der Waals surface area contributed by atoms with E-state index in [4.69, 9.17) is 18.0 Å². The van der Waals surface area contributed by atoms with Crippen molar-refractivity contribution in [1.82, 2.24) is 9.97 Å². The lowest BCUT2D eigenvalue weighted by atomic mass is 9.76. The number of rotatable bonds is 2. The van der Waals surface area contributed by atoms with Gasteiger partial charge in [0.05, 0.1) is 4.92 Å². The molecule has 4 rings (SSSR count). The number of anilines is 2. The number of non-ortho nitro benzene ring substituents is 1. The zero-order valence-corrected chi connectivity index (χ0v) is 14.4. The molecular formula is C17H15N5O3S. The average Bonchev–Trinajstić information content (AvgIpc) is 2.60. The minimum Gasteiger partial charge on any atom is -0.385 e. The summed E-state index contributed by atoms with van der Waals surface area (Å²) in [6, 6.07) is 6.27. The fraction of sp³-hybridized carbons (Fsp3) is 0.235. The summed E-state index contributed by atoms with van der Waals surface area (Å²) in [5.74, 6) is 0.293. The van der Waals surface area contributed by atoms with E-state index in [1.165, 1.54) is 12.1 Å². The van der Waals surface area contributed by atoms with E-state index in [0.717, 1.165) is 12.1 Å². The molecule has 0 amide bonds.